The second-order valence-electron chi connectivity index (χ2n) is 6.51. The predicted octanol–water partition coefficient (Wildman–Crippen LogP) is 2.02. The Bertz CT molecular complexity index is 670. The molecule has 22 heavy (non-hydrogen) atoms. The van der Waals surface area contributed by atoms with Crippen LogP contribution in [-0.4, -0.2) is 28.3 Å². The molecule has 2 aromatic rings. The summed E-state index contributed by atoms with van der Waals surface area (Å²) in [5.41, 5.74) is 7.72. The minimum atomic E-state index is -0.352. The van der Waals surface area contributed by atoms with Gasteiger partial charge in [-0.2, -0.15) is 0 Å². The topological polar surface area (TPSA) is 70.3 Å². The van der Waals surface area contributed by atoms with Crippen molar-refractivity contribution in [3.63, 3.8) is 0 Å². The first kappa shape index (κ1) is 15.0. The van der Waals surface area contributed by atoms with Crippen LogP contribution in [0, 0.1) is 0 Å². The van der Waals surface area contributed by atoms with E-state index >= 15 is 0 Å². The number of rotatable bonds is 2. The van der Waals surface area contributed by atoms with E-state index in [-0.39, 0.29) is 24.3 Å². The molecule has 0 bridgehead atoms. The summed E-state index contributed by atoms with van der Waals surface area (Å²) in [5, 5.41) is 0. The predicted molar refractivity (Wildman–Crippen MR) is 87.6 cm³/mol. The number of nitrogen functional groups attached to an aromatic ring is 1. The fourth-order valence-corrected chi connectivity index (χ4v) is 2.32. The van der Waals surface area contributed by atoms with Crippen molar-refractivity contribution in [1.82, 2.24) is 9.97 Å². The fraction of sp³-hybridized carbons (Fsp3) is 0.375. The van der Waals surface area contributed by atoms with E-state index in [0.29, 0.717) is 0 Å². The number of nitrogens with two attached hydrogens (primary N) is 1. The van der Waals surface area contributed by atoms with Crippen molar-refractivity contribution in [3.05, 3.63) is 36.5 Å². The summed E-state index contributed by atoms with van der Waals surface area (Å²) >= 11 is 0. The molecule has 5 nitrogen and oxygen atoms in total. The summed E-state index contributed by atoms with van der Waals surface area (Å²) in [5.74, 6) is 0.271. The van der Waals surface area contributed by atoms with Gasteiger partial charge in [0.05, 0.1) is 16.9 Å². The van der Waals surface area contributed by atoms with E-state index in [1.165, 1.54) is 0 Å². The van der Waals surface area contributed by atoms with Gasteiger partial charge in [0.25, 0.3) is 0 Å². The molecule has 3 rings (SSSR count). The monoisotopic (exact) mass is 297 g/mol. The second-order valence-corrected chi connectivity index (χ2v) is 6.51. The Kier molecular flexibility index (Phi) is 3.46. The van der Waals surface area contributed by atoms with Gasteiger partial charge in [0.15, 0.2) is 0 Å². The maximum absolute atomic E-state index is 6.05. The Labute approximate surface area is 131 Å². The molecule has 0 aliphatic carbocycles. The van der Waals surface area contributed by atoms with Crippen LogP contribution in [0.3, 0.4) is 0 Å². The number of anilines is 1. The Hall–Kier alpha value is -1.92. The van der Waals surface area contributed by atoms with Crippen LogP contribution >= 0.6 is 0 Å². The summed E-state index contributed by atoms with van der Waals surface area (Å²) in [6.45, 7) is 8.19. The molecule has 2 N–H and O–H groups in total. The molecular formula is C16H20BN3O2. The third-order valence-electron chi connectivity index (χ3n) is 4.41. The van der Waals surface area contributed by atoms with Gasteiger partial charge in [-0.3, -0.25) is 0 Å². The van der Waals surface area contributed by atoms with E-state index in [9.17, 15) is 0 Å². The molecule has 2 heterocycles. The zero-order valence-corrected chi connectivity index (χ0v) is 13.3. The molecule has 1 aliphatic rings. The van der Waals surface area contributed by atoms with Gasteiger partial charge in [0.2, 0.25) is 5.95 Å². The largest absolute Gasteiger partial charge is 0.494 e. The van der Waals surface area contributed by atoms with Crippen LogP contribution in [0.4, 0.5) is 5.95 Å². The van der Waals surface area contributed by atoms with Crippen molar-refractivity contribution >= 4 is 18.5 Å². The van der Waals surface area contributed by atoms with Gasteiger partial charge in [-0.05, 0) is 39.2 Å². The quantitative estimate of drug-likeness (QED) is 0.859. The maximum atomic E-state index is 6.05. The summed E-state index contributed by atoms with van der Waals surface area (Å²) < 4.78 is 12.1. The van der Waals surface area contributed by atoms with Gasteiger partial charge in [-0.1, -0.05) is 24.3 Å². The Morgan fingerprint density at radius 2 is 1.55 bits per heavy atom. The van der Waals surface area contributed by atoms with Crippen LogP contribution < -0.4 is 11.2 Å². The fourth-order valence-electron chi connectivity index (χ4n) is 2.32. The molecule has 0 spiro atoms. The zero-order valence-electron chi connectivity index (χ0n) is 13.3. The summed E-state index contributed by atoms with van der Waals surface area (Å²) in [7, 11) is -0.352. The normalized spacial score (nSPS) is 19.4. The lowest BCUT2D eigenvalue weighted by Gasteiger charge is -2.32. The van der Waals surface area contributed by atoms with Crippen LogP contribution in [0.25, 0.3) is 11.3 Å². The maximum Gasteiger partial charge on any atom is 0.494 e. The number of hydrogen-bond donors (Lipinski definition) is 1. The van der Waals surface area contributed by atoms with E-state index in [4.69, 9.17) is 15.0 Å². The SMILES string of the molecule is CC1(C)OB(c2ccc(-c3ccnc(N)n3)cc2)OC1(C)C. The molecule has 0 radical (unpaired) electrons. The lowest BCUT2D eigenvalue weighted by molar-refractivity contribution is 0.00578. The van der Waals surface area contributed by atoms with Gasteiger partial charge >= 0.3 is 7.12 Å². The number of benzene rings is 1. The van der Waals surface area contributed by atoms with Gasteiger partial charge in [-0.15, -0.1) is 0 Å². The first-order valence-corrected chi connectivity index (χ1v) is 7.33. The minimum absolute atomic E-state index is 0.271. The van der Waals surface area contributed by atoms with Crippen LogP contribution in [-0.2, 0) is 9.31 Å². The first-order chi connectivity index (χ1) is 10.3. The van der Waals surface area contributed by atoms with Gasteiger partial charge in [-0.25, -0.2) is 9.97 Å². The van der Waals surface area contributed by atoms with Crippen LogP contribution in [0.1, 0.15) is 27.7 Å². The highest BCUT2D eigenvalue weighted by atomic mass is 16.7. The van der Waals surface area contributed by atoms with E-state index < -0.39 is 0 Å². The van der Waals surface area contributed by atoms with Crippen molar-refractivity contribution in [3.8, 4) is 11.3 Å². The van der Waals surface area contributed by atoms with Gasteiger partial charge < -0.3 is 15.0 Å². The van der Waals surface area contributed by atoms with E-state index in [0.717, 1.165) is 16.7 Å². The third-order valence-corrected chi connectivity index (χ3v) is 4.41. The summed E-state index contributed by atoms with van der Waals surface area (Å²) in [4.78, 5) is 8.13. The van der Waals surface area contributed by atoms with Crippen molar-refractivity contribution in [1.29, 1.82) is 0 Å². The lowest BCUT2D eigenvalue weighted by atomic mass is 9.79. The first-order valence-electron chi connectivity index (χ1n) is 7.33. The standard InChI is InChI=1S/C16H20BN3O2/c1-15(2)16(3,4)22-17(21-15)12-7-5-11(6-8-12)13-9-10-19-14(18)20-13/h5-10H,1-4H3,(H2,18,19,20). The van der Waals surface area contributed by atoms with Crippen molar-refractivity contribution < 1.29 is 9.31 Å². The van der Waals surface area contributed by atoms with E-state index in [1.807, 2.05) is 58.0 Å². The second kappa shape index (κ2) is 5.07. The molecule has 1 saturated heterocycles. The number of hydrogen-bond acceptors (Lipinski definition) is 5. The third kappa shape index (κ3) is 2.60. The lowest BCUT2D eigenvalue weighted by Crippen LogP contribution is -2.41. The number of nitrogens with zero attached hydrogens (tertiary/aromatic N) is 2. The van der Waals surface area contributed by atoms with Crippen LogP contribution in [0.2, 0.25) is 0 Å². The van der Waals surface area contributed by atoms with Crippen molar-refractivity contribution in [2.45, 2.75) is 38.9 Å². The Morgan fingerprint density at radius 3 is 2.09 bits per heavy atom. The molecule has 0 atom stereocenters. The minimum Gasteiger partial charge on any atom is -0.399 e. The number of aromatic nitrogens is 2. The highest BCUT2D eigenvalue weighted by Gasteiger charge is 2.51. The molecule has 0 saturated carbocycles. The summed E-state index contributed by atoms with van der Waals surface area (Å²) in [6, 6.07) is 9.80. The average Bonchev–Trinajstić information content (AvgIpc) is 2.68. The van der Waals surface area contributed by atoms with E-state index in [2.05, 4.69) is 9.97 Å². The Balaban J connectivity index is 1.84. The van der Waals surface area contributed by atoms with E-state index in [1.54, 1.807) is 6.20 Å². The average molecular weight is 297 g/mol. The van der Waals surface area contributed by atoms with Crippen LogP contribution in [0.5, 0.6) is 0 Å². The van der Waals surface area contributed by atoms with Crippen LogP contribution in [0.15, 0.2) is 36.5 Å². The molecule has 6 heteroatoms. The Morgan fingerprint density at radius 1 is 0.955 bits per heavy atom. The molecule has 0 amide bonds. The highest BCUT2D eigenvalue weighted by Crippen LogP contribution is 2.36. The molecule has 1 aliphatic heterocycles. The van der Waals surface area contributed by atoms with Crippen molar-refractivity contribution in [2.75, 3.05) is 5.73 Å². The summed E-state index contributed by atoms with van der Waals surface area (Å²) in [6.07, 6.45) is 1.65. The molecular weight excluding hydrogens is 277 g/mol. The highest BCUT2D eigenvalue weighted by molar-refractivity contribution is 6.62. The molecule has 1 aromatic heterocycles. The van der Waals surface area contributed by atoms with Gasteiger partial charge in [0, 0.05) is 11.8 Å². The van der Waals surface area contributed by atoms with Gasteiger partial charge in [0.1, 0.15) is 0 Å². The molecule has 0 unspecified atom stereocenters. The molecule has 1 fully saturated rings. The smallest absolute Gasteiger partial charge is 0.399 e. The molecule has 114 valence electrons. The molecule has 1 aromatic carbocycles. The van der Waals surface area contributed by atoms with Crippen molar-refractivity contribution in [2.24, 2.45) is 0 Å². The zero-order chi connectivity index (χ0) is 16.0.